The van der Waals surface area contributed by atoms with Crippen molar-refractivity contribution in [2.24, 2.45) is 0 Å². The predicted molar refractivity (Wildman–Crippen MR) is 75.2 cm³/mol. The third-order valence-electron chi connectivity index (χ3n) is 4.00. The third kappa shape index (κ3) is 5.09. The van der Waals surface area contributed by atoms with Crippen molar-refractivity contribution in [3.05, 3.63) is 0 Å². The largest absolute Gasteiger partial charge is 0.376 e. The Bertz CT molecular complexity index is 274. The van der Waals surface area contributed by atoms with Crippen LogP contribution < -0.4 is 5.32 Å². The van der Waals surface area contributed by atoms with Gasteiger partial charge in [-0.15, -0.1) is 0 Å². The Morgan fingerprint density at radius 2 is 2.21 bits per heavy atom. The number of nitrogens with one attached hydrogen (secondary N) is 1. The Morgan fingerprint density at radius 3 is 2.89 bits per heavy atom. The molecule has 0 saturated carbocycles. The minimum Gasteiger partial charge on any atom is -0.376 e. The van der Waals surface area contributed by atoms with Crippen LogP contribution in [0.4, 0.5) is 0 Å². The monoisotopic (exact) mass is 269 g/mol. The van der Waals surface area contributed by atoms with Crippen LogP contribution in [0.3, 0.4) is 0 Å². The summed E-state index contributed by atoms with van der Waals surface area (Å²) in [6, 6.07) is 0. The summed E-state index contributed by atoms with van der Waals surface area (Å²) < 4.78 is 5.56. The van der Waals surface area contributed by atoms with E-state index < -0.39 is 0 Å². The molecule has 2 rings (SSSR count). The number of ether oxygens (including phenoxy) is 1. The molecule has 1 unspecified atom stereocenters. The fourth-order valence-corrected chi connectivity index (χ4v) is 2.78. The summed E-state index contributed by atoms with van der Waals surface area (Å²) in [7, 11) is 1.90. The van der Waals surface area contributed by atoms with Gasteiger partial charge in [-0.3, -0.25) is 4.79 Å². The molecule has 5 heteroatoms. The van der Waals surface area contributed by atoms with Gasteiger partial charge in [-0.1, -0.05) is 0 Å². The lowest BCUT2D eigenvalue weighted by atomic mass is 10.2. The van der Waals surface area contributed by atoms with Crippen molar-refractivity contribution in [3.63, 3.8) is 0 Å². The molecule has 2 aliphatic rings. The molecule has 1 N–H and O–H groups in total. The van der Waals surface area contributed by atoms with E-state index in [0.717, 1.165) is 65.1 Å². The minimum atomic E-state index is 0.255. The molecule has 2 fully saturated rings. The first-order chi connectivity index (χ1) is 9.25. The first-order valence-corrected chi connectivity index (χ1v) is 7.54. The molecule has 0 aliphatic carbocycles. The van der Waals surface area contributed by atoms with E-state index in [9.17, 15) is 4.79 Å². The van der Waals surface area contributed by atoms with Crippen LogP contribution in [0.1, 0.15) is 25.7 Å². The second-order valence-electron chi connectivity index (χ2n) is 5.60. The molecule has 2 saturated heterocycles. The number of hydrogen-bond donors (Lipinski definition) is 1. The topological polar surface area (TPSA) is 44.8 Å². The molecule has 0 aromatic heterocycles. The molecule has 1 amide bonds. The summed E-state index contributed by atoms with van der Waals surface area (Å²) in [5.74, 6) is 0.255. The summed E-state index contributed by atoms with van der Waals surface area (Å²) >= 11 is 0. The van der Waals surface area contributed by atoms with Gasteiger partial charge in [0.25, 0.3) is 0 Å². The Labute approximate surface area is 116 Å². The van der Waals surface area contributed by atoms with Crippen LogP contribution in [0.15, 0.2) is 0 Å². The number of carbonyl (C=O) groups excluding carboxylic acids is 1. The Kier molecular flexibility index (Phi) is 6.07. The number of likely N-dealkylation sites (N-methyl/N-ethyl adjacent to an activating group) is 1. The molecule has 0 aromatic rings. The number of amides is 1. The number of piperazine rings is 1. The highest BCUT2D eigenvalue weighted by Crippen LogP contribution is 2.13. The summed E-state index contributed by atoms with van der Waals surface area (Å²) in [4.78, 5) is 16.3. The maximum absolute atomic E-state index is 12.0. The number of nitrogens with zero attached hydrogens (tertiary/aromatic N) is 2. The molecule has 0 spiro atoms. The van der Waals surface area contributed by atoms with Crippen LogP contribution in [-0.4, -0.2) is 74.7 Å². The molecule has 110 valence electrons. The average Bonchev–Trinajstić information content (AvgIpc) is 2.92. The second kappa shape index (κ2) is 7.82. The Morgan fingerprint density at radius 1 is 1.42 bits per heavy atom. The molecule has 0 radical (unpaired) electrons. The quantitative estimate of drug-likeness (QED) is 0.754. The second-order valence-corrected chi connectivity index (χ2v) is 5.60. The highest BCUT2D eigenvalue weighted by molar-refractivity contribution is 5.75. The van der Waals surface area contributed by atoms with Gasteiger partial charge in [0.15, 0.2) is 0 Å². The lowest BCUT2D eigenvalue weighted by Crippen LogP contribution is -2.44. The van der Waals surface area contributed by atoms with Gasteiger partial charge in [0.1, 0.15) is 0 Å². The average molecular weight is 269 g/mol. The number of carbonyl (C=O) groups is 1. The zero-order chi connectivity index (χ0) is 13.5. The minimum absolute atomic E-state index is 0.255. The zero-order valence-corrected chi connectivity index (χ0v) is 12.1. The Hall–Kier alpha value is -0.650. The van der Waals surface area contributed by atoms with Crippen molar-refractivity contribution in [2.75, 3.05) is 52.9 Å². The van der Waals surface area contributed by atoms with E-state index >= 15 is 0 Å². The van der Waals surface area contributed by atoms with Gasteiger partial charge >= 0.3 is 0 Å². The zero-order valence-electron chi connectivity index (χ0n) is 12.1. The summed E-state index contributed by atoms with van der Waals surface area (Å²) in [5, 5.41) is 3.34. The summed E-state index contributed by atoms with van der Waals surface area (Å²) in [6.07, 6.45) is 4.12. The maximum atomic E-state index is 12.0. The highest BCUT2D eigenvalue weighted by atomic mass is 16.5. The van der Waals surface area contributed by atoms with Crippen molar-refractivity contribution < 1.29 is 9.53 Å². The van der Waals surface area contributed by atoms with E-state index in [2.05, 4.69) is 10.2 Å². The molecule has 0 aromatic carbocycles. The van der Waals surface area contributed by atoms with Crippen LogP contribution in [0, 0.1) is 0 Å². The Balaban J connectivity index is 1.57. The van der Waals surface area contributed by atoms with Gasteiger partial charge in [0.2, 0.25) is 5.91 Å². The fraction of sp³-hybridized carbons (Fsp3) is 0.929. The molecule has 2 aliphatic heterocycles. The van der Waals surface area contributed by atoms with Crippen molar-refractivity contribution in [1.29, 1.82) is 0 Å². The van der Waals surface area contributed by atoms with Gasteiger partial charge in [-0.2, -0.15) is 0 Å². The lowest BCUT2D eigenvalue weighted by Gasteiger charge is -2.27. The van der Waals surface area contributed by atoms with Crippen molar-refractivity contribution in [3.8, 4) is 0 Å². The van der Waals surface area contributed by atoms with Crippen LogP contribution in [0.2, 0.25) is 0 Å². The highest BCUT2D eigenvalue weighted by Gasteiger charge is 2.20. The predicted octanol–water partition coefficient (Wildman–Crippen LogP) is 0.309. The maximum Gasteiger partial charge on any atom is 0.222 e. The van der Waals surface area contributed by atoms with E-state index in [0.29, 0.717) is 6.42 Å². The SMILES string of the molecule is CN(CC1CCCO1)C(=O)CCCN1CCNCC1. The normalized spacial score (nSPS) is 24.6. The van der Waals surface area contributed by atoms with E-state index in [-0.39, 0.29) is 12.0 Å². The van der Waals surface area contributed by atoms with E-state index in [4.69, 9.17) is 4.74 Å². The van der Waals surface area contributed by atoms with Crippen molar-refractivity contribution in [1.82, 2.24) is 15.1 Å². The van der Waals surface area contributed by atoms with Crippen LogP contribution in [-0.2, 0) is 9.53 Å². The van der Waals surface area contributed by atoms with Gasteiger partial charge < -0.3 is 19.9 Å². The molecular weight excluding hydrogens is 242 g/mol. The molecule has 0 bridgehead atoms. The van der Waals surface area contributed by atoms with E-state index in [1.807, 2.05) is 11.9 Å². The number of hydrogen-bond acceptors (Lipinski definition) is 4. The van der Waals surface area contributed by atoms with Gasteiger partial charge in [0, 0.05) is 52.8 Å². The smallest absolute Gasteiger partial charge is 0.222 e. The van der Waals surface area contributed by atoms with E-state index in [1.165, 1.54) is 0 Å². The van der Waals surface area contributed by atoms with Gasteiger partial charge in [0.05, 0.1) is 6.10 Å². The first-order valence-electron chi connectivity index (χ1n) is 7.54. The van der Waals surface area contributed by atoms with Crippen LogP contribution in [0.25, 0.3) is 0 Å². The van der Waals surface area contributed by atoms with Gasteiger partial charge in [-0.25, -0.2) is 0 Å². The molecule has 2 heterocycles. The van der Waals surface area contributed by atoms with Gasteiger partial charge in [-0.05, 0) is 25.8 Å². The third-order valence-corrected chi connectivity index (χ3v) is 4.00. The lowest BCUT2D eigenvalue weighted by molar-refractivity contribution is -0.131. The van der Waals surface area contributed by atoms with Crippen molar-refractivity contribution >= 4 is 5.91 Å². The first kappa shape index (κ1) is 14.8. The standard InChI is InChI=1S/C14H27N3O2/c1-16(12-13-4-3-11-19-13)14(18)5-2-8-17-9-6-15-7-10-17/h13,15H,2-12H2,1H3. The van der Waals surface area contributed by atoms with Crippen LogP contribution >= 0.6 is 0 Å². The molecular formula is C14H27N3O2. The number of rotatable bonds is 6. The van der Waals surface area contributed by atoms with Crippen molar-refractivity contribution in [2.45, 2.75) is 31.8 Å². The van der Waals surface area contributed by atoms with E-state index in [1.54, 1.807) is 0 Å². The van der Waals surface area contributed by atoms with Crippen LogP contribution in [0.5, 0.6) is 0 Å². The fourth-order valence-electron chi connectivity index (χ4n) is 2.78. The molecule has 19 heavy (non-hydrogen) atoms. The molecule has 1 atom stereocenters. The summed E-state index contributed by atoms with van der Waals surface area (Å²) in [6.45, 7) is 7.03. The summed E-state index contributed by atoms with van der Waals surface area (Å²) in [5.41, 5.74) is 0. The molecule has 5 nitrogen and oxygen atoms in total.